The van der Waals surface area contributed by atoms with Crippen molar-refractivity contribution in [3.63, 3.8) is 0 Å². The molecule has 1 unspecified atom stereocenters. The number of para-hydroxylation sites is 1. The standard InChI is InChI=1S/C16H20N2O3/c1-12-8-13-4-2-3-5-14(13)18(12)9-15(19)17-10-16(20)6-7-21-11-16/h2-5,8,20H,6-7,9-11H2,1H3,(H,17,19). The average Bonchev–Trinajstić information content (AvgIpc) is 3.03. The predicted molar refractivity (Wildman–Crippen MR) is 80.1 cm³/mol. The van der Waals surface area contributed by atoms with Crippen LogP contribution in [0.1, 0.15) is 12.1 Å². The Hall–Kier alpha value is -1.85. The molecule has 2 N–H and O–H groups in total. The largest absolute Gasteiger partial charge is 0.386 e. The van der Waals surface area contributed by atoms with Gasteiger partial charge in [0.1, 0.15) is 12.1 Å². The molecular formula is C16H20N2O3. The lowest BCUT2D eigenvalue weighted by Crippen LogP contribution is -2.44. The van der Waals surface area contributed by atoms with E-state index in [1.807, 2.05) is 35.8 Å². The van der Waals surface area contributed by atoms with Crippen LogP contribution < -0.4 is 5.32 Å². The van der Waals surface area contributed by atoms with Gasteiger partial charge in [-0.1, -0.05) is 18.2 Å². The quantitative estimate of drug-likeness (QED) is 0.889. The number of rotatable bonds is 4. The van der Waals surface area contributed by atoms with Gasteiger partial charge in [0.25, 0.3) is 0 Å². The van der Waals surface area contributed by atoms with Crippen LogP contribution in [0.2, 0.25) is 0 Å². The number of nitrogens with zero attached hydrogens (tertiary/aromatic N) is 1. The van der Waals surface area contributed by atoms with Gasteiger partial charge in [-0.2, -0.15) is 0 Å². The molecular weight excluding hydrogens is 268 g/mol. The number of ether oxygens (including phenoxy) is 1. The fourth-order valence-corrected chi connectivity index (χ4v) is 2.76. The lowest BCUT2D eigenvalue weighted by Gasteiger charge is -2.20. The molecule has 2 aromatic rings. The smallest absolute Gasteiger partial charge is 0.240 e. The van der Waals surface area contributed by atoms with Gasteiger partial charge < -0.3 is 19.7 Å². The van der Waals surface area contributed by atoms with Crippen molar-refractivity contribution >= 4 is 16.8 Å². The Morgan fingerprint density at radius 2 is 2.29 bits per heavy atom. The summed E-state index contributed by atoms with van der Waals surface area (Å²) < 4.78 is 7.15. The number of carbonyl (C=O) groups is 1. The molecule has 0 aliphatic carbocycles. The highest BCUT2D eigenvalue weighted by Crippen LogP contribution is 2.19. The molecule has 1 aromatic carbocycles. The van der Waals surface area contributed by atoms with Crippen molar-refractivity contribution in [2.45, 2.75) is 25.5 Å². The number of hydrogen-bond donors (Lipinski definition) is 2. The van der Waals surface area contributed by atoms with Crippen LogP contribution in [0.15, 0.2) is 30.3 Å². The summed E-state index contributed by atoms with van der Waals surface area (Å²) in [5.74, 6) is -0.0974. The third kappa shape index (κ3) is 2.94. The van der Waals surface area contributed by atoms with Gasteiger partial charge in [0.05, 0.1) is 6.61 Å². The molecule has 0 spiro atoms. The monoisotopic (exact) mass is 288 g/mol. The van der Waals surface area contributed by atoms with E-state index in [1.165, 1.54) is 0 Å². The lowest BCUT2D eigenvalue weighted by molar-refractivity contribution is -0.122. The Kier molecular flexibility index (Phi) is 3.69. The summed E-state index contributed by atoms with van der Waals surface area (Å²) in [6.07, 6.45) is 0.568. The van der Waals surface area contributed by atoms with Crippen LogP contribution >= 0.6 is 0 Å². The number of benzene rings is 1. The van der Waals surface area contributed by atoms with Gasteiger partial charge in [0, 0.05) is 30.8 Å². The molecule has 0 radical (unpaired) electrons. The number of amides is 1. The molecule has 1 atom stereocenters. The molecule has 2 heterocycles. The Balaban J connectivity index is 1.67. The second-order valence-electron chi connectivity index (χ2n) is 5.73. The third-order valence-electron chi connectivity index (χ3n) is 4.02. The fraction of sp³-hybridized carbons (Fsp3) is 0.438. The first-order chi connectivity index (χ1) is 10.1. The minimum absolute atomic E-state index is 0.0974. The molecule has 1 aliphatic rings. The molecule has 3 rings (SSSR count). The number of aliphatic hydroxyl groups is 1. The van der Waals surface area contributed by atoms with E-state index in [4.69, 9.17) is 4.74 Å². The zero-order chi connectivity index (χ0) is 14.9. The number of fused-ring (bicyclic) bond motifs is 1. The highest BCUT2D eigenvalue weighted by Gasteiger charge is 2.32. The molecule has 1 fully saturated rings. The van der Waals surface area contributed by atoms with Crippen LogP contribution in [-0.2, 0) is 16.1 Å². The van der Waals surface area contributed by atoms with Gasteiger partial charge in [-0.05, 0) is 24.4 Å². The summed E-state index contributed by atoms with van der Waals surface area (Å²) >= 11 is 0. The normalized spacial score (nSPS) is 21.8. The second-order valence-corrected chi connectivity index (χ2v) is 5.73. The van der Waals surface area contributed by atoms with Gasteiger partial charge in [0.2, 0.25) is 5.91 Å². The molecule has 21 heavy (non-hydrogen) atoms. The Bertz CT molecular complexity index is 657. The van der Waals surface area contributed by atoms with Crippen molar-refractivity contribution in [2.24, 2.45) is 0 Å². The van der Waals surface area contributed by atoms with Crippen molar-refractivity contribution in [1.82, 2.24) is 9.88 Å². The molecule has 1 aromatic heterocycles. The molecule has 5 heteroatoms. The summed E-state index contributed by atoms with van der Waals surface area (Å²) in [5.41, 5.74) is 1.19. The van der Waals surface area contributed by atoms with Gasteiger partial charge in [-0.3, -0.25) is 4.79 Å². The number of aromatic nitrogens is 1. The summed E-state index contributed by atoms with van der Waals surface area (Å²) in [7, 11) is 0. The molecule has 0 bridgehead atoms. The highest BCUT2D eigenvalue weighted by atomic mass is 16.5. The van der Waals surface area contributed by atoms with Crippen LogP contribution in [0, 0.1) is 6.92 Å². The van der Waals surface area contributed by atoms with Gasteiger partial charge >= 0.3 is 0 Å². The molecule has 112 valence electrons. The Morgan fingerprint density at radius 1 is 1.48 bits per heavy atom. The first-order valence-corrected chi connectivity index (χ1v) is 7.19. The van der Waals surface area contributed by atoms with Crippen LogP contribution in [0.5, 0.6) is 0 Å². The van der Waals surface area contributed by atoms with Crippen molar-refractivity contribution in [3.05, 3.63) is 36.0 Å². The van der Waals surface area contributed by atoms with Gasteiger partial charge in [-0.25, -0.2) is 0 Å². The van der Waals surface area contributed by atoms with Crippen molar-refractivity contribution < 1.29 is 14.6 Å². The first kappa shape index (κ1) is 14.1. The topological polar surface area (TPSA) is 63.5 Å². The van der Waals surface area contributed by atoms with Crippen LogP contribution in [0.4, 0.5) is 0 Å². The Morgan fingerprint density at radius 3 is 3.05 bits per heavy atom. The highest BCUT2D eigenvalue weighted by molar-refractivity contribution is 5.84. The summed E-state index contributed by atoms with van der Waals surface area (Å²) in [6, 6.07) is 10.1. The number of carbonyl (C=O) groups excluding carboxylic acids is 1. The van der Waals surface area contributed by atoms with Crippen LogP contribution in [-0.4, -0.2) is 40.9 Å². The molecule has 1 saturated heterocycles. The second kappa shape index (κ2) is 5.50. The number of hydrogen-bond acceptors (Lipinski definition) is 3. The van der Waals surface area contributed by atoms with E-state index in [-0.39, 0.29) is 19.0 Å². The molecule has 0 saturated carbocycles. The fourth-order valence-electron chi connectivity index (χ4n) is 2.76. The predicted octanol–water partition coefficient (Wildman–Crippen LogP) is 1.22. The van der Waals surface area contributed by atoms with E-state index in [9.17, 15) is 9.90 Å². The van der Waals surface area contributed by atoms with Crippen molar-refractivity contribution in [3.8, 4) is 0 Å². The lowest BCUT2D eigenvalue weighted by atomic mass is 10.0. The molecule has 5 nitrogen and oxygen atoms in total. The summed E-state index contributed by atoms with van der Waals surface area (Å²) in [5, 5.41) is 14.1. The van der Waals surface area contributed by atoms with Crippen molar-refractivity contribution in [2.75, 3.05) is 19.8 Å². The minimum Gasteiger partial charge on any atom is -0.386 e. The van der Waals surface area contributed by atoms with E-state index >= 15 is 0 Å². The Labute approximate surface area is 123 Å². The van der Waals surface area contributed by atoms with Crippen molar-refractivity contribution in [1.29, 1.82) is 0 Å². The zero-order valence-electron chi connectivity index (χ0n) is 12.1. The van der Waals surface area contributed by atoms with Gasteiger partial charge in [0.15, 0.2) is 0 Å². The third-order valence-corrected chi connectivity index (χ3v) is 4.02. The zero-order valence-corrected chi connectivity index (χ0v) is 12.1. The van der Waals surface area contributed by atoms with Crippen LogP contribution in [0.25, 0.3) is 10.9 Å². The number of nitrogens with one attached hydrogen (secondary N) is 1. The summed E-state index contributed by atoms with van der Waals surface area (Å²) in [4.78, 5) is 12.1. The maximum atomic E-state index is 12.1. The van der Waals surface area contributed by atoms with Crippen LogP contribution in [0.3, 0.4) is 0 Å². The molecule has 1 amide bonds. The minimum atomic E-state index is -0.913. The van der Waals surface area contributed by atoms with E-state index in [1.54, 1.807) is 0 Å². The SMILES string of the molecule is Cc1cc2ccccc2n1CC(=O)NCC1(O)CCOC1. The maximum Gasteiger partial charge on any atom is 0.240 e. The van der Waals surface area contributed by atoms with E-state index < -0.39 is 5.60 Å². The van der Waals surface area contributed by atoms with E-state index in [0.29, 0.717) is 19.6 Å². The van der Waals surface area contributed by atoms with E-state index in [2.05, 4.69) is 11.4 Å². The molecule has 1 aliphatic heterocycles. The number of aryl methyl sites for hydroxylation is 1. The van der Waals surface area contributed by atoms with E-state index in [0.717, 1.165) is 16.6 Å². The maximum absolute atomic E-state index is 12.1. The average molecular weight is 288 g/mol. The first-order valence-electron chi connectivity index (χ1n) is 7.19. The summed E-state index contributed by atoms with van der Waals surface area (Å²) in [6.45, 7) is 3.33. The van der Waals surface area contributed by atoms with Gasteiger partial charge in [-0.15, -0.1) is 0 Å².